The molecule has 0 saturated carbocycles. The molecule has 194 valence electrons. The van der Waals surface area contributed by atoms with Crippen molar-refractivity contribution in [3.8, 4) is 0 Å². The van der Waals surface area contributed by atoms with Gasteiger partial charge in [-0.15, -0.1) is 0 Å². The van der Waals surface area contributed by atoms with Gasteiger partial charge >= 0.3 is 16.4 Å². The lowest BCUT2D eigenvalue weighted by Gasteiger charge is -2.35. The van der Waals surface area contributed by atoms with E-state index in [-0.39, 0.29) is 30.5 Å². The fourth-order valence-electron chi connectivity index (χ4n) is 3.69. The van der Waals surface area contributed by atoms with E-state index in [1.807, 2.05) is 11.6 Å². The van der Waals surface area contributed by atoms with Gasteiger partial charge in [0, 0.05) is 24.2 Å². The largest absolute Gasteiger partial charge is 0.431 e. The van der Waals surface area contributed by atoms with Crippen LogP contribution in [0.4, 0.5) is 24.9 Å². The Morgan fingerprint density at radius 3 is 2.47 bits per heavy atom. The van der Waals surface area contributed by atoms with Crippen LogP contribution < -0.4 is 10.0 Å². The molecule has 2 aromatic heterocycles. The van der Waals surface area contributed by atoms with E-state index in [9.17, 15) is 26.4 Å². The van der Waals surface area contributed by atoms with E-state index in [0.29, 0.717) is 30.1 Å². The molecule has 36 heavy (non-hydrogen) atoms. The van der Waals surface area contributed by atoms with E-state index < -0.39 is 33.3 Å². The number of nitrogens with one attached hydrogen (secondary N) is 2. The number of nitrogens with zero attached hydrogens (tertiary/aromatic N) is 4. The zero-order valence-electron chi connectivity index (χ0n) is 19.5. The first-order chi connectivity index (χ1) is 16.8. The lowest BCUT2D eigenvalue weighted by atomic mass is 9.81. The third-order valence-corrected chi connectivity index (χ3v) is 7.46. The van der Waals surface area contributed by atoms with Crippen molar-refractivity contribution in [2.75, 3.05) is 18.4 Å². The molecule has 1 fully saturated rings. The van der Waals surface area contributed by atoms with E-state index in [1.165, 1.54) is 6.07 Å². The second-order valence-electron chi connectivity index (χ2n) is 8.73. The fourth-order valence-corrected chi connectivity index (χ4v) is 4.83. The fraction of sp³-hybridized carbons (Fsp3) is 0.429. The number of rotatable bonds is 6. The molecule has 0 unspecified atom stereocenters. The summed E-state index contributed by atoms with van der Waals surface area (Å²) >= 11 is 0. The third-order valence-electron chi connectivity index (χ3n) is 5.97. The molecular weight excluding hydrogens is 505 g/mol. The van der Waals surface area contributed by atoms with Crippen molar-refractivity contribution in [2.24, 2.45) is 0 Å². The molecule has 1 aliphatic heterocycles. The predicted molar refractivity (Wildman–Crippen MR) is 120 cm³/mol. The molecule has 4 rings (SSSR count). The Hall–Kier alpha value is -3.46. The normalized spacial score (nSPS) is 16.6. The van der Waals surface area contributed by atoms with Gasteiger partial charge in [-0.25, -0.2) is 4.72 Å². The second-order valence-corrected chi connectivity index (χ2v) is 10.4. The molecule has 0 spiro atoms. The molecule has 11 nitrogen and oxygen atoms in total. The molecule has 3 aromatic rings. The SMILES string of the molecule is Cc1noc(C2(C)CCN(S(=O)(=O)NC(=O)c3coc(Nc4cc(C(F)(F)F)ccc4C)n3)CC2)n1. The molecule has 1 saturated heterocycles. The van der Waals surface area contributed by atoms with Crippen LogP contribution in [0.15, 0.2) is 33.4 Å². The summed E-state index contributed by atoms with van der Waals surface area (Å²) < 4.78 is 77.9. The summed E-state index contributed by atoms with van der Waals surface area (Å²) in [4.78, 5) is 20.6. The smallest absolute Gasteiger partial charge is 0.416 e. The third kappa shape index (κ3) is 5.36. The van der Waals surface area contributed by atoms with Crippen molar-refractivity contribution in [2.45, 2.75) is 45.2 Å². The molecule has 0 radical (unpaired) electrons. The van der Waals surface area contributed by atoms with Gasteiger partial charge in [0.15, 0.2) is 11.5 Å². The zero-order chi connectivity index (χ0) is 26.3. The lowest BCUT2D eigenvalue weighted by molar-refractivity contribution is -0.137. The highest BCUT2D eigenvalue weighted by molar-refractivity contribution is 7.87. The van der Waals surface area contributed by atoms with E-state index in [4.69, 9.17) is 8.94 Å². The van der Waals surface area contributed by atoms with Gasteiger partial charge in [-0.2, -0.15) is 35.9 Å². The van der Waals surface area contributed by atoms with Gasteiger partial charge in [-0.05, 0) is 44.4 Å². The Morgan fingerprint density at radius 1 is 1.17 bits per heavy atom. The number of aryl methyl sites for hydroxylation is 2. The van der Waals surface area contributed by atoms with Crippen LogP contribution in [0.3, 0.4) is 0 Å². The number of oxazole rings is 1. The van der Waals surface area contributed by atoms with Crippen molar-refractivity contribution in [3.63, 3.8) is 0 Å². The zero-order valence-corrected chi connectivity index (χ0v) is 20.3. The van der Waals surface area contributed by atoms with Gasteiger partial charge in [-0.1, -0.05) is 18.1 Å². The minimum absolute atomic E-state index is 0.0686. The molecular formula is C21H23F3N6O5S. The summed E-state index contributed by atoms with van der Waals surface area (Å²) in [5.74, 6) is -0.133. The topological polar surface area (TPSA) is 143 Å². The van der Waals surface area contributed by atoms with E-state index >= 15 is 0 Å². The maximum absolute atomic E-state index is 13.0. The number of carbonyl (C=O) groups excluding carboxylic acids is 1. The van der Waals surface area contributed by atoms with Gasteiger partial charge in [-0.3, -0.25) is 4.79 Å². The number of alkyl halides is 3. The average molecular weight is 529 g/mol. The maximum atomic E-state index is 13.0. The number of aromatic nitrogens is 3. The number of carbonyl (C=O) groups is 1. The summed E-state index contributed by atoms with van der Waals surface area (Å²) in [5, 5.41) is 6.35. The van der Waals surface area contributed by atoms with Gasteiger partial charge in [0.05, 0.1) is 5.56 Å². The highest BCUT2D eigenvalue weighted by Crippen LogP contribution is 2.35. The lowest BCUT2D eigenvalue weighted by Crippen LogP contribution is -2.49. The highest BCUT2D eigenvalue weighted by atomic mass is 32.2. The summed E-state index contributed by atoms with van der Waals surface area (Å²) in [6, 6.07) is 2.82. The number of amides is 1. The van der Waals surface area contributed by atoms with E-state index in [1.54, 1.807) is 13.8 Å². The molecule has 3 heterocycles. The molecule has 2 N–H and O–H groups in total. The molecule has 0 atom stereocenters. The molecule has 1 aliphatic rings. The molecule has 15 heteroatoms. The van der Waals surface area contributed by atoms with Crippen LogP contribution in [-0.4, -0.2) is 46.8 Å². The number of anilines is 2. The van der Waals surface area contributed by atoms with Crippen molar-refractivity contribution in [1.29, 1.82) is 0 Å². The Labute approximate surface area is 204 Å². The summed E-state index contributed by atoms with van der Waals surface area (Å²) in [7, 11) is -4.20. The maximum Gasteiger partial charge on any atom is 0.416 e. The van der Waals surface area contributed by atoms with Crippen LogP contribution in [0.25, 0.3) is 0 Å². The Morgan fingerprint density at radius 2 is 1.86 bits per heavy atom. The van der Waals surface area contributed by atoms with Gasteiger partial charge in [0.2, 0.25) is 5.89 Å². The first-order valence-electron chi connectivity index (χ1n) is 10.8. The number of hydrogen-bond donors (Lipinski definition) is 2. The Kier molecular flexibility index (Phi) is 6.55. The van der Waals surface area contributed by atoms with Crippen LogP contribution >= 0.6 is 0 Å². The van der Waals surface area contributed by atoms with Crippen LogP contribution in [0.5, 0.6) is 0 Å². The van der Waals surface area contributed by atoms with E-state index in [0.717, 1.165) is 22.7 Å². The van der Waals surface area contributed by atoms with Crippen molar-refractivity contribution >= 4 is 27.8 Å². The molecule has 0 aliphatic carbocycles. The standard InChI is InChI=1S/C21H23F3N6O5S/c1-12-4-5-14(21(22,23)24)10-15(12)26-19-27-16(11-34-19)17(31)29-36(32,33)30-8-6-20(3,7-9-30)18-25-13(2)28-35-18/h4-5,10-11H,6-9H2,1-3H3,(H,26,27)(H,29,31). The Balaban J connectivity index is 1.40. The number of benzene rings is 1. The number of halogens is 3. The first-order valence-corrected chi connectivity index (χ1v) is 12.2. The summed E-state index contributed by atoms with van der Waals surface area (Å²) in [5.41, 5.74) is -1.19. The van der Waals surface area contributed by atoms with Crippen molar-refractivity contribution in [1.82, 2.24) is 24.2 Å². The van der Waals surface area contributed by atoms with E-state index in [2.05, 4.69) is 20.4 Å². The van der Waals surface area contributed by atoms with Gasteiger partial charge < -0.3 is 14.3 Å². The molecule has 0 bridgehead atoms. The minimum atomic E-state index is -4.55. The predicted octanol–water partition coefficient (Wildman–Crippen LogP) is 3.47. The van der Waals surface area contributed by atoms with Crippen LogP contribution in [0.1, 0.15) is 53.1 Å². The van der Waals surface area contributed by atoms with Gasteiger partial charge in [0.25, 0.3) is 11.9 Å². The first kappa shape index (κ1) is 25.6. The van der Waals surface area contributed by atoms with Crippen molar-refractivity contribution < 1.29 is 35.3 Å². The minimum Gasteiger partial charge on any atom is -0.431 e. The van der Waals surface area contributed by atoms with Crippen LogP contribution in [-0.2, 0) is 21.8 Å². The van der Waals surface area contributed by atoms with Gasteiger partial charge in [0.1, 0.15) is 6.26 Å². The molecule has 1 amide bonds. The monoisotopic (exact) mass is 528 g/mol. The quantitative estimate of drug-likeness (QED) is 0.491. The average Bonchev–Trinajstić information content (AvgIpc) is 3.44. The highest BCUT2D eigenvalue weighted by Gasteiger charge is 2.40. The summed E-state index contributed by atoms with van der Waals surface area (Å²) in [6.45, 7) is 5.40. The summed E-state index contributed by atoms with van der Waals surface area (Å²) in [6.07, 6.45) is -2.84. The van der Waals surface area contributed by atoms with Crippen LogP contribution in [0, 0.1) is 13.8 Å². The Bertz CT molecular complexity index is 1380. The molecule has 1 aromatic carbocycles. The number of piperidine rings is 1. The number of hydrogen-bond acceptors (Lipinski definition) is 9. The van der Waals surface area contributed by atoms with Crippen LogP contribution in [0.2, 0.25) is 0 Å². The second kappa shape index (κ2) is 9.20. The van der Waals surface area contributed by atoms with Crippen molar-refractivity contribution in [3.05, 3.63) is 53.0 Å².